The first-order chi connectivity index (χ1) is 15.0. The maximum absolute atomic E-state index is 12.9. The van der Waals surface area contributed by atoms with Crippen LogP contribution in [0, 0.1) is 5.82 Å². The molecule has 0 unspecified atom stereocenters. The van der Waals surface area contributed by atoms with Crippen molar-refractivity contribution in [1.29, 1.82) is 0 Å². The molecule has 0 aliphatic rings. The number of benzene rings is 1. The van der Waals surface area contributed by atoms with Crippen LogP contribution >= 0.6 is 0 Å². The van der Waals surface area contributed by atoms with Gasteiger partial charge in [0.05, 0.1) is 19.2 Å². The van der Waals surface area contributed by atoms with E-state index in [0.717, 1.165) is 0 Å². The molecule has 0 fully saturated rings. The predicted molar refractivity (Wildman–Crippen MR) is 116 cm³/mol. The molecule has 0 saturated carbocycles. The zero-order chi connectivity index (χ0) is 24.5. The standard InChI is InChI=1S/C20H23FN4O5.C2H6/c1-11(26)25-20(2,3)19-23-15(16(28)18(24-19)30-4)17(29)22-10-14(27)9-12-5-7-13(21)8-6-12;1-2/h5-8,28H,9-10H2,1-4H3,(H,22,29)(H,25,26);1-2H3. The lowest BCUT2D eigenvalue weighted by molar-refractivity contribution is -0.120. The van der Waals surface area contributed by atoms with Gasteiger partial charge in [-0.3, -0.25) is 14.4 Å². The molecule has 0 atom stereocenters. The number of aromatic nitrogens is 2. The van der Waals surface area contributed by atoms with E-state index in [0.29, 0.717) is 5.56 Å². The van der Waals surface area contributed by atoms with E-state index in [4.69, 9.17) is 4.74 Å². The molecule has 1 heterocycles. The Hall–Kier alpha value is -3.56. The highest BCUT2D eigenvalue weighted by molar-refractivity contribution is 5.98. The molecular weight excluding hydrogens is 419 g/mol. The summed E-state index contributed by atoms with van der Waals surface area (Å²) in [5.41, 5.74) is -0.855. The van der Waals surface area contributed by atoms with Crippen LogP contribution in [0.15, 0.2) is 24.3 Å². The van der Waals surface area contributed by atoms with E-state index in [9.17, 15) is 23.9 Å². The van der Waals surface area contributed by atoms with Gasteiger partial charge in [-0.25, -0.2) is 9.37 Å². The Balaban J connectivity index is 0.00000249. The van der Waals surface area contributed by atoms with E-state index in [1.165, 1.54) is 38.3 Å². The van der Waals surface area contributed by atoms with Crippen molar-refractivity contribution in [2.45, 2.75) is 46.6 Å². The summed E-state index contributed by atoms with van der Waals surface area (Å²) in [5, 5.41) is 15.3. The van der Waals surface area contributed by atoms with Crippen LogP contribution in [0.1, 0.15) is 56.5 Å². The van der Waals surface area contributed by atoms with Gasteiger partial charge in [0.2, 0.25) is 11.7 Å². The quantitative estimate of drug-likeness (QED) is 0.565. The van der Waals surface area contributed by atoms with E-state index < -0.39 is 28.7 Å². The number of hydrogen-bond acceptors (Lipinski definition) is 7. The van der Waals surface area contributed by atoms with Crippen molar-refractivity contribution in [3.63, 3.8) is 0 Å². The molecule has 2 amide bonds. The molecule has 9 nitrogen and oxygen atoms in total. The van der Waals surface area contributed by atoms with Gasteiger partial charge in [-0.1, -0.05) is 26.0 Å². The molecule has 0 saturated heterocycles. The van der Waals surface area contributed by atoms with E-state index in [1.807, 2.05) is 13.8 Å². The van der Waals surface area contributed by atoms with Crippen LogP contribution in [0.4, 0.5) is 4.39 Å². The molecule has 2 aromatic rings. The minimum atomic E-state index is -1.06. The van der Waals surface area contributed by atoms with Crippen LogP contribution in [0.3, 0.4) is 0 Å². The maximum Gasteiger partial charge on any atom is 0.274 e. The first-order valence-electron chi connectivity index (χ1n) is 10.0. The van der Waals surface area contributed by atoms with Gasteiger partial charge >= 0.3 is 0 Å². The molecule has 0 aliphatic carbocycles. The van der Waals surface area contributed by atoms with Crippen LogP contribution in [-0.4, -0.2) is 46.3 Å². The molecule has 0 bridgehead atoms. The monoisotopic (exact) mass is 448 g/mol. The lowest BCUT2D eigenvalue weighted by atomic mass is 10.0. The number of carbonyl (C=O) groups excluding carboxylic acids is 3. The van der Waals surface area contributed by atoms with Crippen molar-refractivity contribution in [2.75, 3.05) is 13.7 Å². The smallest absolute Gasteiger partial charge is 0.274 e. The number of hydrogen-bond donors (Lipinski definition) is 3. The summed E-state index contributed by atoms with van der Waals surface area (Å²) in [6.45, 7) is 8.23. The molecule has 32 heavy (non-hydrogen) atoms. The van der Waals surface area contributed by atoms with Crippen molar-refractivity contribution >= 4 is 17.6 Å². The van der Waals surface area contributed by atoms with Gasteiger partial charge < -0.3 is 20.5 Å². The second-order valence-corrected chi connectivity index (χ2v) is 7.08. The number of Topliss-reactive ketones (excluding diaryl/α,β-unsaturated/α-hetero) is 1. The highest BCUT2D eigenvalue weighted by atomic mass is 19.1. The van der Waals surface area contributed by atoms with E-state index in [2.05, 4.69) is 20.6 Å². The molecule has 3 N–H and O–H groups in total. The third-order valence-electron chi connectivity index (χ3n) is 4.07. The highest BCUT2D eigenvalue weighted by Crippen LogP contribution is 2.29. The van der Waals surface area contributed by atoms with Gasteiger partial charge in [-0.15, -0.1) is 0 Å². The molecule has 0 aliphatic heterocycles. The van der Waals surface area contributed by atoms with Crippen LogP contribution < -0.4 is 15.4 Å². The lowest BCUT2D eigenvalue weighted by Gasteiger charge is -2.24. The fraction of sp³-hybridized carbons (Fsp3) is 0.409. The topological polar surface area (TPSA) is 131 Å². The molecule has 174 valence electrons. The molecule has 2 rings (SSSR count). The third-order valence-corrected chi connectivity index (χ3v) is 4.07. The van der Waals surface area contributed by atoms with Crippen molar-refractivity contribution in [2.24, 2.45) is 0 Å². The normalized spacial score (nSPS) is 10.5. The molecular formula is C22H29FN4O5. The largest absolute Gasteiger partial charge is 0.501 e. The Morgan fingerprint density at radius 1 is 1.12 bits per heavy atom. The maximum atomic E-state index is 12.9. The summed E-state index contributed by atoms with van der Waals surface area (Å²) in [6.07, 6.45) is 0.000446. The van der Waals surface area contributed by atoms with Gasteiger partial charge in [0.25, 0.3) is 11.8 Å². The van der Waals surface area contributed by atoms with Crippen LogP contribution in [0.5, 0.6) is 11.6 Å². The number of nitrogens with one attached hydrogen (secondary N) is 2. The van der Waals surface area contributed by atoms with Gasteiger partial charge in [-0.2, -0.15) is 4.98 Å². The Morgan fingerprint density at radius 2 is 1.72 bits per heavy atom. The van der Waals surface area contributed by atoms with Gasteiger partial charge in [0.15, 0.2) is 17.3 Å². The second kappa shape index (κ2) is 11.7. The first-order valence-corrected chi connectivity index (χ1v) is 10.0. The Kier molecular flexibility index (Phi) is 9.70. The number of amides is 2. The number of rotatable bonds is 8. The SMILES string of the molecule is CC.COc1nc(C(C)(C)NC(C)=O)nc(C(=O)NCC(=O)Cc2ccc(F)cc2)c1O. The molecule has 1 aromatic carbocycles. The molecule has 10 heteroatoms. The number of halogens is 1. The highest BCUT2D eigenvalue weighted by Gasteiger charge is 2.30. The third kappa shape index (κ3) is 7.29. The summed E-state index contributed by atoms with van der Waals surface area (Å²) in [6, 6.07) is 5.44. The Bertz CT molecular complexity index is 962. The van der Waals surface area contributed by atoms with E-state index in [-0.39, 0.29) is 36.4 Å². The summed E-state index contributed by atoms with van der Waals surface area (Å²) in [7, 11) is 1.26. The minimum absolute atomic E-state index is 0.000446. The van der Waals surface area contributed by atoms with E-state index >= 15 is 0 Å². The van der Waals surface area contributed by atoms with Crippen LogP contribution in [0.2, 0.25) is 0 Å². The molecule has 1 aromatic heterocycles. The fourth-order valence-corrected chi connectivity index (χ4v) is 2.67. The second-order valence-electron chi connectivity index (χ2n) is 7.08. The zero-order valence-corrected chi connectivity index (χ0v) is 19.1. The summed E-state index contributed by atoms with van der Waals surface area (Å²) < 4.78 is 17.9. The fourth-order valence-electron chi connectivity index (χ4n) is 2.67. The van der Waals surface area contributed by atoms with Crippen molar-refractivity contribution in [1.82, 2.24) is 20.6 Å². The number of ketones is 1. The Morgan fingerprint density at radius 3 is 2.25 bits per heavy atom. The summed E-state index contributed by atoms with van der Waals surface area (Å²) in [4.78, 5) is 44.2. The molecule has 0 spiro atoms. The number of aromatic hydroxyl groups is 1. The number of ether oxygens (including phenoxy) is 1. The van der Waals surface area contributed by atoms with Crippen molar-refractivity contribution in [3.05, 3.63) is 47.2 Å². The van der Waals surface area contributed by atoms with Crippen molar-refractivity contribution < 1.29 is 28.6 Å². The summed E-state index contributed by atoms with van der Waals surface area (Å²) in [5.74, 6) is -2.70. The Labute approximate surface area is 186 Å². The van der Waals surface area contributed by atoms with Crippen LogP contribution in [-0.2, 0) is 21.5 Å². The van der Waals surface area contributed by atoms with Crippen molar-refractivity contribution in [3.8, 4) is 11.6 Å². The minimum Gasteiger partial charge on any atom is -0.501 e. The average Bonchev–Trinajstić information content (AvgIpc) is 2.74. The average molecular weight is 448 g/mol. The number of nitrogens with zero attached hydrogens (tertiary/aromatic N) is 2. The van der Waals surface area contributed by atoms with Crippen LogP contribution in [0.25, 0.3) is 0 Å². The molecule has 0 radical (unpaired) electrons. The first kappa shape index (κ1) is 26.5. The van der Waals surface area contributed by atoms with Gasteiger partial charge in [0.1, 0.15) is 5.82 Å². The predicted octanol–water partition coefficient (Wildman–Crippen LogP) is 2.27. The van der Waals surface area contributed by atoms with Gasteiger partial charge in [-0.05, 0) is 31.5 Å². The lowest BCUT2D eigenvalue weighted by Crippen LogP contribution is -2.41. The number of carbonyl (C=O) groups is 3. The number of methoxy groups -OCH3 is 1. The zero-order valence-electron chi connectivity index (χ0n) is 19.1. The summed E-state index contributed by atoms with van der Waals surface area (Å²) >= 11 is 0. The van der Waals surface area contributed by atoms with E-state index in [1.54, 1.807) is 13.8 Å². The van der Waals surface area contributed by atoms with Gasteiger partial charge in [0, 0.05) is 13.3 Å².